The van der Waals surface area contributed by atoms with Crippen LogP contribution in [0.25, 0.3) is 5.57 Å². The third-order valence-electron chi connectivity index (χ3n) is 6.59. The van der Waals surface area contributed by atoms with Crippen molar-refractivity contribution >= 4 is 17.4 Å². The monoisotopic (exact) mass is 446 g/mol. The first-order chi connectivity index (χ1) is 16.0. The molecule has 4 heteroatoms. The molecule has 1 aliphatic rings. The van der Waals surface area contributed by atoms with Gasteiger partial charge in [-0.25, -0.2) is 0 Å². The lowest BCUT2D eigenvalue weighted by molar-refractivity contribution is -0.137. The number of benzene rings is 2. The van der Waals surface area contributed by atoms with E-state index in [0.29, 0.717) is 30.9 Å². The van der Waals surface area contributed by atoms with E-state index >= 15 is 0 Å². The summed E-state index contributed by atoms with van der Waals surface area (Å²) in [6.45, 7) is 10.1. The van der Waals surface area contributed by atoms with E-state index in [9.17, 15) is 9.59 Å². The van der Waals surface area contributed by atoms with Crippen LogP contribution in [0.3, 0.4) is 0 Å². The van der Waals surface area contributed by atoms with Crippen LogP contribution < -0.4 is 0 Å². The van der Waals surface area contributed by atoms with Crippen molar-refractivity contribution in [1.29, 1.82) is 0 Å². The average molecular weight is 447 g/mol. The number of carbonyl (C=O) groups excluding carboxylic acids is 2. The van der Waals surface area contributed by atoms with E-state index < -0.39 is 0 Å². The summed E-state index contributed by atoms with van der Waals surface area (Å²) in [7, 11) is 0. The van der Waals surface area contributed by atoms with Gasteiger partial charge in [0, 0.05) is 19.6 Å². The van der Waals surface area contributed by atoms with Crippen LogP contribution in [0.4, 0.5) is 0 Å². The number of amides is 2. The molecular weight excluding hydrogens is 408 g/mol. The number of carbonyl (C=O) groups is 2. The number of rotatable bonds is 12. The van der Waals surface area contributed by atoms with Crippen molar-refractivity contribution < 1.29 is 9.59 Å². The Bertz CT molecular complexity index is 994. The summed E-state index contributed by atoms with van der Waals surface area (Å²) in [5.41, 5.74) is 5.36. The van der Waals surface area contributed by atoms with E-state index in [1.807, 2.05) is 43.3 Å². The molecule has 33 heavy (non-hydrogen) atoms. The fourth-order valence-electron chi connectivity index (χ4n) is 4.42. The van der Waals surface area contributed by atoms with E-state index in [1.165, 1.54) is 29.7 Å². The number of aryl methyl sites for hydroxylation is 2. The smallest absolute Gasteiger partial charge is 0.277 e. The summed E-state index contributed by atoms with van der Waals surface area (Å²) < 4.78 is 0. The Kier molecular flexibility index (Phi) is 8.87. The van der Waals surface area contributed by atoms with Crippen LogP contribution in [0.15, 0.2) is 54.2 Å². The molecule has 2 amide bonds. The number of hydrogen-bond acceptors (Lipinski definition) is 3. The van der Waals surface area contributed by atoms with Gasteiger partial charge in [0.2, 0.25) is 0 Å². The van der Waals surface area contributed by atoms with E-state index in [4.69, 9.17) is 0 Å². The molecule has 4 nitrogen and oxygen atoms in total. The third kappa shape index (κ3) is 5.93. The van der Waals surface area contributed by atoms with Crippen LogP contribution in [0.1, 0.15) is 74.6 Å². The van der Waals surface area contributed by atoms with Crippen LogP contribution in [0.5, 0.6) is 0 Å². The lowest BCUT2D eigenvalue weighted by atomic mass is 9.99. The number of likely N-dealkylation sites (N-methyl/N-ethyl adjacent to an activating group) is 1. The molecule has 0 unspecified atom stereocenters. The average Bonchev–Trinajstić information content (AvgIpc) is 3.06. The Balaban J connectivity index is 1.90. The number of hydrogen-bond donors (Lipinski definition) is 0. The molecule has 0 bridgehead atoms. The van der Waals surface area contributed by atoms with Gasteiger partial charge < -0.3 is 4.90 Å². The van der Waals surface area contributed by atoms with Crippen molar-refractivity contribution in [2.24, 2.45) is 0 Å². The summed E-state index contributed by atoms with van der Waals surface area (Å²) in [6, 6.07) is 16.2. The number of unbranched alkanes of at least 4 members (excludes halogenated alkanes) is 5. The second-order valence-electron chi connectivity index (χ2n) is 9.05. The highest BCUT2D eigenvalue weighted by Crippen LogP contribution is 2.33. The minimum absolute atomic E-state index is 0.153. The molecule has 1 aliphatic heterocycles. The molecule has 0 spiro atoms. The van der Waals surface area contributed by atoms with Gasteiger partial charge in [0.25, 0.3) is 11.8 Å². The van der Waals surface area contributed by atoms with Gasteiger partial charge >= 0.3 is 0 Å². The van der Waals surface area contributed by atoms with Crippen LogP contribution in [0.2, 0.25) is 0 Å². The first-order valence-electron chi connectivity index (χ1n) is 12.4. The van der Waals surface area contributed by atoms with Gasteiger partial charge in [-0.15, -0.1) is 0 Å². The van der Waals surface area contributed by atoms with Crippen molar-refractivity contribution in [2.75, 3.05) is 13.1 Å². The second kappa shape index (κ2) is 11.8. The van der Waals surface area contributed by atoms with Crippen LogP contribution in [-0.2, 0) is 16.1 Å². The van der Waals surface area contributed by atoms with Crippen LogP contribution in [-0.4, -0.2) is 34.7 Å². The minimum Gasteiger partial charge on any atom is -0.362 e. The van der Waals surface area contributed by atoms with E-state index in [1.54, 1.807) is 0 Å². The van der Waals surface area contributed by atoms with E-state index in [2.05, 4.69) is 37.8 Å². The molecule has 0 aromatic heterocycles. The van der Waals surface area contributed by atoms with Gasteiger partial charge in [-0.1, -0.05) is 87.6 Å². The first kappa shape index (κ1) is 24.8. The standard InChI is InChI=1S/C29H38N2O2/c1-5-7-8-9-10-14-19-31-28(32)26(25-18-17-22(3)23(4)20-25)27(29(31)33)30(6-2)21-24-15-12-11-13-16-24/h11-13,15-18,20H,5-10,14,19,21H2,1-4H3. The normalized spacial score (nSPS) is 13.9. The highest BCUT2D eigenvalue weighted by molar-refractivity contribution is 6.35. The zero-order valence-corrected chi connectivity index (χ0v) is 20.7. The van der Waals surface area contributed by atoms with Crippen molar-refractivity contribution in [1.82, 2.24) is 9.80 Å². The Hall–Kier alpha value is -2.88. The fraction of sp³-hybridized carbons (Fsp3) is 0.448. The number of imide groups is 1. The maximum atomic E-state index is 13.6. The van der Waals surface area contributed by atoms with Gasteiger partial charge in [0.1, 0.15) is 5.70 Å². The fourth-order valence-corrected chi connectivity index (χ4v) is 4.42. The zero-order valence-electron chi connectivity index (χ0n) is 20.7. The number of nitrogens with zero attached hydrogens (tertiary/aromatic N) is 2. The van der Waals surface area contributed by atoms with Gasteiger partial charge in [-0.05, 0) is 49.4 Å². The van der Waals surface area contributed by atoms with Crippen molar-refractivity contribution in [2.45, 2.75) is 72.8 Å². The molecule has 0 N–H and O–H groups in total. The second-order valence-corrected chi connectivity index (χ2v) is 9.05. The molecule has 0 saturated carbocycles. The predicted molar refractivity (Wildman–Crippen MR) is 135 cm³/mol. The summed E-state index contributed by atoms with van der Waals surface area (Å²) in [4.78, 5) is 30.7. The molecule has 0 atom stereocenters. The maximum Gasteiger partial charge on any atom is 0.277 e. The molecule has 0 saturated heterocycles. The van der Waals surface area contributed by atoms with Gasteiger partial charge in [-0.2, -0.15) is 0 Å². The molecule has 0 radical (unpaired) electrons. The third-order valence-corrected chi connectivity index (χ3v) is 6.59. The predicted octanol–water partition coefficient (Wildman–Crippen LogP) is 6.27. The molecular formula is C29H38N2O2. The molecule has 0 fully saturated rings. The van der Waals surface area contributed by atoms with E-state index in [-0.39, 0.29) is 11.8 Å². The summed E-state index contributed by atoms with van der Waals surface area (Å²) in [5.74, 6) is -0.308. The lowest BCUT2D eigenvalue weighted by Gasteiger charge is -2.25. The molecule has 0 aliphatic carbocycles. The van der Waals surface area contributed by atoms with Crippen molar-refractivity contribution in [3.05, 3.63) is 76.5 Å². The maximum absolute atomic E-state index is 13.6. The molecule has 3 rings (SSSR count). The topological polar surface area (TPSA) is 40.6 Å². The highest BCUT2D eigenvalue weighted by Gasteiger charge is 2.41. The van der Waals surface area contributed by atoms with E-state index in [0.717, 1.165) is 36.0 Å². The van der Waals surface area contributed by atoms with Crippen LogP contribution in [0, 0.1) is 13.8 Å². The zero-order chi connectivity index (χ0) is 23.8. The Morgan fingerprint density at radius 1 is 0.788 bits per heavy atom. The molecule has 2 aromatic rings. The summed E-state index contributed by atoms with van der Waals surface area (Å²) in [6.07, 6.45) is 6.74. The quantitative estimate of drug-likeness (QED) is 0.285. The summed E-state index contributed by atoms with van der Waals surface area (Å²) >= 11 is 0. The molecule has 176 valence electrons. The highest BCUT2D eigenvalue weighted by atomic mass is 16.2. The Morgan fingerprint density at radius 3 is 2.15 bits per heavy atom. The SMILES string of the molecule is CCCCCCCCN1C(=O)C(c2ccc(C)c(C)c2)=C(N(CC)Cc2ccccc2)C1=O. The van der Waals surface area contributed by atoms with Crippen LogP contribution >= 0.6 is 0 Å². The molecule has 2 aromatic carbocycles. The van der Waals surface area contributed by atoms with Gasteiger partial charge in [-0.3, -0.25) is 14.5 Å². The Labute approximate surface area is 199 Å². The lowest BCUT2D eigenvalue weighted by Crippen LogP contribution is -2.35. The minimum atomic E-state index is -0.154. The summed E-state index contributed by atoms with van der Waals surface area (Å²) in [5, 5.41) is 0. The van der Waals surface area contributed by atoms with Gasteiger partial charge in [0.05, 0.1) is 5.57 Å². The van der Waals surface area contributed by atoms with Crippen molar-refractivity contribution in [3.8, 4) is 0 Å². The van der Waals surface area contributed by atoms with Gasteiger partial charge in [0.15, 0.2) is 0 Å². The molecule has 1 heterocycles. The van der Waals surface area contributed by atoms with Crippen molar-refractivity contribution in [3.63, 3.8) is 0 Å². The first-order valence-corrected chi connectivity index (χ1v) is 12.4. The Morgan fingerprint density at radius 2 is 1.48 bits per heavy atom. The largest absolute Gasteiger partial charge is 0.362 e.